The molecule has 6 nitrogen and oxygen atoms in total. The zero-order chi connectivity index (χ0) is 16.0. The van der Waals surface area contributed by atoms with Gasteiger partial charge in [0.1, 0.15) is 0 Å². The lowest BCUT2D eigenvalue weighted by Crippen LogP contribution is -2.40. The van der Waals surface area contributed by atoms with Crippen molar-refractivity contribution in [3.63, 3.8) is 0 Å². The van der Waals surface area contributed by atoms with Gasteiger partial charge in [-0.3, -0.25) is 0 Å². The number of anilines is 1. The number of hydrogen-bond donors (Lipinski definition) is 2. The SMILES string of the molecule is CN1CCc2cc(NC(=O)NS(=O)(=O)C3(C)CC3)ccc2C1. The molecule has 0 atom stereocenters. The molecule has 0 spiro atoms. The molecule has 1 aromatic rings. The summed E-state index contributed by atoms with van der Waals surface area (Å²) in [6, 6.07) is 5.02. The van der Waals surface area contributed by atoms with Crippen LogP contribution < -0.4 is 10.0 Å². The summed E-state index contributed by atoms with van der Waals surface area (Å²) in [5.41, 5.74) is 3.07. The fraction of sp³-hybridized carbons (Fsp3) is 0.533. The summed E-state index contributed by atoms with van der Waals surface area (Å²) in [6.45, 7) is 3.53. The van der Waals surface area contributed by atoms with Crippen LogP contribution in [0.4, 0.5) is 10.5 Å². The number of rotatable bonds is 3. The minimum absolute atomic E-state index is 0.599. The fourth-order valence-corrected chi connectivity index (χ4v) is 3.80. The van der Waals surface area contributed by atoms with Crippen LogP contribution in [0.3, 0.4) is 0 Å². The highest BCUT2D eigenvalue weighted by atomic mass is 32.2. The number of carbonyl (C=O) groups excluding carboxylic acids is 1. The van der Waals surface area contributed by atoms with Crippen molar-refractivity contribution in [1.29, 1.82) is 0 Å². The highest BCUT2D eigenvalue weighted by molar-refractivity contribution is 7.91. The Labute approximate surface area is 130 Å². The van der Waals surface area contributed by atoms with Gasteiger partial charge in [-0.2, -0.15) is 0 Å². The Bertz CT molecular complexity index is 711. The zero-order valence-electron chi connectivity index (χ0n) is 12.8. The highest BCUT2D eigenvalue weighted by Crippen LogP contribution is 2.42. The fourth-order valence-electron chi connectivity index (χ4n) is 2.62. The molecule has 22 heavy (non-hydrogen) atoms. The Morgan fingerprint density at radius 3 is 2.68 bits per heavy atom. The lowest BCUT2D eigenvalue weighted by atomic mass is 9.99. The largest absolute Gasteiger partial charge is 0.332 e. The highest BCUT2D eigenvalue weighted by Gasteiger charge is 2.50. The predicted molar refractivity (Wildman–Crippen MR) is 85.2 cm³/mol. The van der Waals surface area contributed by atoms with Gasteiger partial charge >= 0.3 is 6.03 Å². The van der Waals surface area contributed by atoms with Crippen LogP contribution in [0.1, 0.15) is 30.9 Å². The standard InChI is InChI=1S/C15H21N3O3S/c1-15(6-7-15)22(20,21)17-14(19)16-13-4-3-12-10-18(2)8-5-11(12)9-13/h3-4,9H,5-8,10H2,1-2H3,(H2,16,17,19). The lowest BCUT2D eigenvalue weighted by Gasteiger charge is -2.25. The molecule has 0 radical (unpaired) electrons. The van der Waals surface area contributed by atoms with Crippen molar-refractivity contribution >= 4 is 21.7 Å². The van der Waals surface area contributed by atoms with Gasteiger partial charge in [-0.1, -0.05) is 6.07 Å². The van der Waals surface area contributed by atoms with Gasteiger partial charge in [0.15, 0.2) is 0 Å². The molecular formula is C15H21N3O3S. The number of nitrogens with zero attached hydrogens (tertiary/aromatic N) is 1. The summed E-state index contributed by atoms with van der Waals surface area (Å²) >= 11 is 0. The molecule has 3 rings (SSSR count). The molecule has 0 aromatic heterocycles. The summed E-state index contributed by atoms with van der Waals surface area (Å²) in [5, 5.41) is 2.62. The number of carbonyl (C=O) groups is 1. The molecule has 2 aliphatic rings. The van der Waals surface area contributed by atoms with E-state index in [0.717, 1.165) is 19.5 Å². The molecule has 1 aliphatic heterocycles. The van der Waals surface area contributed by atoms with Gasteiger partial charge in [0.05, 0.1) is 4.75 Å². The molecule has 1 saturated carbocycles. The maximum absolute atomic E-state index is 12.0. The van der Waals surface area contributed by atoms with Crippen LogP contribution in [0.2, 0.25) is 0 Å². The lowest BCUT2D eigenvalue weighted by molar-refractivity contribution is 0.256. The van der Waals surface area contributed by atoms with E-state index in [1.807, 2.05) is 18.2 Å². The first-order valence-electron chi connectivity index (χ1n) is 7.43. The first-order valence-corrected chi connectivity index (χ1v) is 8.91. The maximum atomic E-state index is 12.0. The summed E-state index contributed by atoms with van der Waals surface area (Å²) in [4.78, 5) is 14.2. The van der Waals surface area contributed by atoms with E-state index >= 15 is 0 Å². The molecule has 2 amide bonds. The summed E-state index contributed by atoms with van der Waals surface area (Å²) in [5.74, 6) is 0. The Hall–Kier alpha value is -1.60. The number of hydrogen-bond acceptors (Lipinski definition) is 4. The van der Waals surface area contributed by atoms with Gasteiger partial charge in [-0.05, 0) is 56.5 Å². The number of urea groups is 1. The van der Waals surface area contributed by atoms with Crippen molar-refractivity contribution in [2.24, 2.45) is 0 Å². The molecule has 0 unspecified atom stereocenters. The molecule has 0 saturated heterocycles. The molecule has 1 aromatic carbocycles. The second-order valence-electron chi connectivity index (χ2n) is 6.48. The van der Waals surface area contributed by atoms with Crippen LogP contribution in [0, 0.1) is 0 Å². The number of benzene rings is 1. The summed E-state index contributed by atoms with van der Waals surface area (Å²) in [7, 11) is -1.52. The Morgan fingerprint density at radius 2 is 2.00 bits per heavy atom. The summed E-state index contributed by atoms with van der Waals surface area (Å²) < 4.78 is 25.3. The number of sulfonamides is 1. The maximum Gasteiger partial charge on any atom is 0.332 e. The minimum atomic E-state index is -3.60. The van der Waals surface area contributed by atoms with Crippen LogP contribution in [-0.2, 0) is 23.0 Å². The quantitative estimate of drug-likeness (QED) is 0.887. The van der Waals surface area contributed by atoms with Crippen molar-refractivity contribution in [2.75, 3.05) is 18.9 Å². The number of nitrogens with one attached hydrogen (secondary N) is 2. The van der Waals surface area contributed by atoms with Crippen molar-refractivity contribution in [2.45, 2.75) is 37.5 Å². The van der Waals surface area contributed by atoms with Crippen molar-refractivity contribution in [1.82, 2.24) is 9.62 Å². The van der Waals surface area contributed by atoms with Gasteiger partial charge in [-0.15, -0.1) is 0 Å². The molecular weight excluding hydrogens is 302 g/mol. The third-order valence-electron chi connectivity index (χ3n) is 4.50. The van der Waals surface area contributed by atoms with Crippen molar-refractivity contribution in [3.05, 3.63) is 29.3 Å². The molecule has 0 bridgehead atoms. The van der Waals surface area contributed by atoms with E-state index in [4.69, 9.17) is 0 Å². The van der Waals surface area contributed by atoms with Crippen LogP contribution in [0.15, 0.2) is 18.2 Å². The first kappa shape index (κ1) is 15.3. The predicted octanol–water partition coefficient (Wildman–Crippen LogP) is 1.68. The zero-order valence-corrected chi connectivity index (χ0v) is 13.7. The Morgan fingerprint density at radius 1 is 1.27 bits per heavy atom. The molecule has 7 heteroatoms. The van der Waals surface area contributed by atoms with Gasteiger partial charge in [0, 0.05) is 18.8 Å². The van der Waals surface area contributed by atoms with Crippen molar-refractivity contribution in [3.8, 4) is 0 Å². The van der Waals surface area contributed by atoms with E-state index in [1.165, 1.54) is 11.1 Å². The van der Waals surface area contributed by atoms with Gasteiger partial charge in [0.2, 0.25) is 10.0 Å². The second-order valence-corrected chi connectivity index (χ2v) is 8.68. The molecule has 120 valence electrons. The van der Waals surface area contributed by atoms with Crippen LogP contribution in [0.25, 0.3) is 0 Å². The monoisotopic (exact) mass is 323 g/mol. The summed E-state index contributed by atoms with van der Waals surface area (Å²) in [6.07, 6.45) is 2.13. The first-order chi connectivity index (χ1) is 10.3. The average Bonchev–Trinajstić information content (AvgIpc) is 3.18. The van der Waals surface area contributed by atoms with Gasteiger partial charge < -0.3 is 10.2 Å². The van der Waals surface area contributed by atoms with E-state index in [9.17, 15) is 13.2 Å². The second kappa shape index (κ2) is 5.24. The molecule has 2 N–H and O–H groups in total. The number of fused-ring (bicyclic) bond motifs is 1. The van der Waals surface area contributed by atoms with E-state index < -0.39 is 20.8 Å². The number of likely N-dealkylation sites (N-methyl/N-ethyl adjacent to an activating group) is 1. The third-order valence-corrected chi connectivity index (χ3v) is 6.66. The normalized spacial score (nSPS) is 20.1. The molecule has 1 fully saturated rings. The van der Waals surface area contributed by atoms with E-state index in [-0.39, 0.29) is 0 Å². The number of amides is 2. The average molecular weight is 323 g/mol. The Balaban J connectivity index is 1.67. The molecule has 1 heterocycles. The van der Waals surface area contributed by atoms with Crippen LogP contribution in [0.5, 0.6) is 0 Å². The van der Waals surface area contributed by atoms with E-state index in [2.05, 4.69) is 22.0 Å². The van der Waals surface area contributed by atoms with E-state index in [0.29, 0.717) is 18.5 Å². The minimum Gasteiger partial charge on any atom is -0.307 e. The van der Waals surface area contributed by atoms with Gasteiger partial charge in [-0.25, -0.2) is 17.9 Å². The molecule has 1 aliphatic carbocycles. The van der Waals surface area contributed by atoms with E-state index in [1.54, 1.807) is 6.92 Å². The van der Waals surface area contributed by atoms with Gasteiger partial charge in [0.25, 0.3) is 0 Å². The van der Waals surface area contributed by atoms with Crippen molar-refractivity contribution < 1.29 is 13.2 Å². The Kier molecular flexibility index (Phi) is 3.65. The topological polar surface area (TPSA) is 78.5 Å². The van der Waals surface area contributed by atoms with Crippen LogP contribution in [-0.4, -0.2) is 37.7 Å². The third kappa shape index (κ3) is 2.96. The van der Waals surface area contributed by atoms with Crippen LogP contribution >= 0.6 is 0 Å². The smallest absolute Gasteiger partial charge is 0.307 e.